The first-order valence-electron chi connectivity index (χ1n) is 7.89. The number of piperidine rings is 1. The van der Waals surface area contributed by atoms with Crippen LogP contribution in [0, 0.1) is 5.41 Å². The zero-order valence-corrected chi connectivity index (χ0v) is 13.0. The summed E-state index contributed by atoms with van der Waals surface area (Å²) >= 11 is 0. The Labute approximate surface area is 131 Å². The van der Waals surface area contributed by atoms with Gasteiger partial charge in [0.2, 0.25) is 11.8 Å². The molecule has 0 bridgehead atoms. The Bertz CT molecular complexity index is 609. The summed E-state index contributed by atoms with van der Waals surface area (Å²) in [6.07, 6.45) is 5.98. The lowest BCUT2D eigenvalue weighted by molar-refractivity contribution is -0.132. The lowest BCUT2D eigenvalue weighted by Crippen LogP contribution is -2.46. The molecule has 0 unspecified atom stereocenters. The number of benzene rings is 1. The normalized spacial score (nSPS) is 24.0. The molecule has 1 aromatic carbocycles. The van der Waals surface area contributed by atoms with Crippen LogP contribution in [0.15, 0.2) is 42.1 Å². The van der Waals surface area contributed by atoms with Gasteiger partial charge < -0.3 is 10.2 Å². The third-order valence-electron chi connectivity index (χ3n) is 4.89. The van der Waals surface area contributed by atoms with Gasteiger partial charge in [-0.3, -0.25) is 9.59 Å². The monoisotopic (exact) mass is 298 g/mol. The highest BCUT2D eigenvalue weighted by Crippen LogP contribution is 2.46. The van der Waals surface area contributed by atoms with E-state index in [4.69, 9.17) is 0 Å². The summed E-state index contributed by atoms with van der Waals surface area (Å²) in [5.41, 5.74) is 2.08. The first kappa shape index (κ1) is 14.8. The maximum atomic E-state index is 12.2. The van der Waals surface area contributed by atoms with Crippen LogP contribution in [0.4, 0.5) is 0 Å². The number of hydrogen-bond donors (Lipinski definition) is 1. The van der Waals surface area contributed by atoms with E-state index in [-0.39, 0.29) is 17.2 Å². The van der Waals surface area contributed by atoms with Crippen molar-refractivity contribution >= 4 is 11.8 Å². The summed E-state index contributed by atoms with van der Waals surface area (Å²) in [6, 6.07) is 9.77. The number of nitrogens with one attached hydrogen (secondary N) is 1. The average Bonchev–Trinajstić information content (AvgIpc) is 2.95. The molecule has 1 saturated heterocycles. The molecule has 116 valence electrons. The van der Waals surface area contributed by atoms with Gasteiger partial charge in [0, 0.05) is 31.1 Å². The number of likely N-dealkylation sites (tertiary alicyclic amines) is 1. The Morgan fingerprint density at radius 2 is 2.05 bits per heavy atom. The van der Waals surface area contributed by atoms with Crippen molar-refractivity contribution in [3.63, 3.8) is 0 Å². The molecule has 1 aromatic rings. The molecule has 0 saturated carbocycles. The van der Waals surface area contributed by atoms with Crippen LogP contribution in [0.3, 0.4) is 0 Å². The SMILES string of the molecule is CN1C(=O)CC[C@]2(CNC(=O)Cc3ccccc3)CCC=C12. The van der Waals surface area contributed by atoms with Crippen molar-refractivity contribution in [2.45, 2.75) is 32.1 Å². The van der Waals surface area contributed by atoms with Crippen LogP contribution in [0.2, 0.25) is 0 Å². The number of amides is 2. The van der Waals surface area contributed by atoms with Crippen LogP contribution in [0.5, 0.6) is 0 Å². The highest BCUT2D eigenvalue weighted by molar-refractivity contribution is 5.80. The van der Waals surface area contributed by atoms with E-state index < -0.39 is 0 Å². The molecule has 0 spiro atoms. The second kappa shape index (κ2) is 5.95. The third-order valence-corrected chi connectivity index (χ3v) is 4.89. The number of fused-ring (bicyclic) bond motifs is 1. The largest absolute Gasteiger partial charge is 0.355 e. The second-order valence-electron chi connectivity index (χ2n) is 6.30. The van der Waals surface area contributed by atoms with Crippen molar-refractivity contribution in [1.29, 1.82) is 0 Å². The molecule has 1 aliphatic heterocycles. The van der Waals surface area contributed by atoms with E-state index in [0.717, 1.165) is 30.5 Å². The van der Waals surface area contributed by atoms with E-state index in [2.05, 4.69) is 11.4 Å². The maximum Gasteiger partial charge on any atom is 0.226 e. The first-order valence-corrected chi connectivity index (χ1v) is 7.89. The average molecular weight is 298 g/mol. The van der Waals surface area contributed by atoms with Gasteiger partial charge in [-0.15, -0.1) is 0 Å². The molecule has 0 aromatic heterocycles. The Morgan fingerprint density at radius 3 is 2.82 bits per heavy atom. The molecular formula is C18H22N2O2. The van der Waals surface area contributed by atoms with E-state index in [0.29, 0.717) is 19.4 Å². The Hall–Kier alpha value is -2.10. The fourth-order valence-electron chi connectivity index (χ4n) is 3.60. The van der Waals surface area contributed by atoms with Gasteiger partial charge in [-0.25, -0.2) is 0 Å². The van der Waals surface area contributed by atoms with Crippen molar-refractivity contribution in [2.75, 3.05) is 13.6 Å². The molecule has 2 aliphatic rings. The zero-order chi connectivity index (χ0) is 15.6. The van der Waals surface area contributed by atoms with E-state index in [1.807, 2.05) is 37.4 Å². The fraction of sp³-hybridized carbons (Fsp3) is 0.444. The Morgan fingerprint density at radius 1 is 1.27 bits per heavy atom. The van der Waals surface area contributed by atoms with Crippen LogP contribution in [0.25, 0.3) is 0 Å². The lowest BCUT2D eigenvalue weighted by Gasteiger charge is -2.41. The van der Waals surface area contributed by atoms with Crippen LogP contribution in [-0.2, 0) is 16.0 Å². The molecule has 2 amide bonds. The molecule has 1 aliphatic carbocycles. The van der Waals surface area contributed by atoms with Crippen LogP contribution in [0.1, 0.15) is 31.2 Å². The van der Waals surface area contributed by atoms with E-state index >= 15 is 0 Å². The quantitative estimate of drug-likeness (QED) is 0.927. The fourth-order valence-corrected chi connectivity index (χ4v) is 3.60. The second-order valence-corrected chi connectivity index (χ2v) is 6.30. The summed E-state index contributed by atoms with van der Waals surface area (Å²) in [6.45, 7) is 0.627. The van der Waals surface area contributed by atoms with Gasteiger partial charge in [0.15, 0.2) is 0 Å². The molecule has 4 nitrogen and oxygen atoms in total. The number of hydrogen-bond acceptors (Lipinski definition) is 2. The van der Waals surface area contributed by atoms with Crippen LogP contribution >= 0.6 is 0 Å². The zero-order valence-electron chi connectivity index (χ0n) is 13.0. The predicted molar refractivity (Wildman–Crippen MR) is 84.9 cm³/mol. The number of rotatable bonds is 4. The topological polar surface area (TPSA) is 49.4 Å². The lowest BCUT2D eigenvalue weighted by atomic mass is 9.77. The number of nitrogens with zero attached hydrogens (tertiary/aromatic N) is 1. The smallest absolute Gasteiger partial charge is 0.226 e. The molecule has 1 fully saturated rings. The van der Waals surface area contributed by atoms with Crippen LogP contribution in [-0.4, -0.2) is 30.3 Å². The van der Waals surface area contributed by atoms with E-state index in [1.54, 1.807) is 4.90 Å². The van der Waals surface area contributed by atoms with Gasteiger partial charge in [0.05, 0.1) is 6.42 Å². The third kappa shape index (κ3) is 2.78. The maximum absolute atomic E-state index is 12.2. The Balaban J connectivity index is 1.62. The molecular weight excluding hydrogens is 276 g/mol. The van der Waals surface area contributed by atoms with Gasteiger partial charge in [-0.2, -0.15) is 0 Å². The minimum absolute atomic E-state index is 0.0466. The summed E-state index contributed by atoms with van der Waals surface area (Å²) in [5, 5.41) is 3.08. The first-order chi connectivity index (χ1) is 10.6. The minimum Gasteiger partial charge on any atom is -0.355 e. The summed E-state index contributed by atoms with van der Waals surface area (Å²) in [7, 11) is 1.85. The van der Waals surface area contributed by atoms with E-state index in [1.165, 1.54) is 0 Å². The minimum atomic E-state index is -0.0466. The number of carbonyl (C=O) groups excluding carboxylic acids is 2. The van der Waals surface area contributed by atoms with Crippen molar-refractivity contribution in [1.82, 2.24) is 10.2 Å². The Kier molecular flexibility index (Phi) is 4.01. The number of allylic oxidation sites excluding steroid dienone is 1. The predicted octanol–water partition coefficient (Wildman–Crippen LogP) is 2.26. The summed E-state index contributed by atoms with van der Waals surface area (Å²) in [4.78, 5) is 25.8. The molecule has 1 atom stereocenters. The summed E-state index contributed by atoms with van der Waals surface area (Å²) in [5.74, 6) is 0.228. The van der Waals surface area contributed by atoms with Crippen molar-refractivity contribution in [3.05, 3.63) is 47.7 Å². The molecule has 1 N–H and O–H groups in total. The van der Waals surface area contributed by atoms with Crippen molar-refractivity contribution < 1.29 is 9.59 Å². The molecule has 4 heteroatoms. The standard InChI is InChI=1S/C18H22N2O2/c1-20-15-8-5-10-18(15,11-9-17(20)22)13-19-16(21)12-14-6-3-2-4-7-14/h2-4,6-8H,5,9-13H2,1H3,(H,19,21)/t18-/m0/s1. The van der Waals surface area contributed by atoms with Crippen LogP contribution < -0.4 is 5.32 Å². The van der Waals surface area contributed by atoms with E-state index in [9.17, 15) is 9.59 Å². The van der Waals surface area contributed by atoms with Gasteiger partial charge in [-0.1, -0.05) is 36.4 Å². The van der Waals surface area contributed by atoms with Gasteiger partial charge >= 0.3 is 0 Å². The highest BCUT2D eigenvalue weighted by atomic mass is 16.2. The highest BCUT2D eigenvalue weighted by Gasteiger charge is 2.44. The van der Waals surface area contributed by atoms with Gasteiger partial charge in [0.25, 0.3) is 0 Å². The molecule has 0 radical (unpaired) electrons. The molecule has 22 heavy (non-hydrogen) atoms. The summed E-state index contributed by atoms with van der Waals surface area (Å²) < 4.78 is 0. The molecule has 3 rings (SSSR count). The van der Waals surface area contributed by atoms with Gasteiger partial charge in [0.1, 0.15) is 0 Å². The van der Waals surface area contributed by atoms with Gasteiger partial charge in [-0.05, 0) is 24.8 Å². The molecule has 1 heterocycles. The van der Waals surface area contributed by atoms with Crippen molar-refractivity contribution in [3.8, 4) is 0 Å². The number of carbonyl (C=O) groups is 2. The van der Waals surface area contributed by atoms with Crippen molar-refractivity contribution in [2.24, 2.45) is 5.41 Å².